The topological polar surface area (TPSA) is 55.8 Å². The molecular formula is C13H15NO4. The second-order valence-electron chi connectivity index (χ2n) is 3.96. The summed E-state index contributed by atoms with van der Waals surface area (Å²) >= 11 is 0. The lowest BCUT2D eigenvalue weighted by Crippen LogP contribution is -2.47. The van der Waals surface area contributed by atoms with Gasteiger partial charge in [0.15, 0.2) is 6.10 Å². The predicted molar refractivity (Wildman–Crippen MR) is 65.5 cm³/mol. The Morgan fingerprint density at radius 1 is 1.44 bits per heavy atom. The number of benzene rings is 1. The maximum absolute atomic E-state index is 12.0. The molecule has 0 saturated heterocycles. The zero-order valence-corrected chi connectivity index (χ0v) is 10.4. The van der Waals surface area contributed by atoms with E-state index in [0.717, 1.165) is 0 Å². The Morgan fingerprint density at radius 2 is 2.17 bits per heavy atom. The average molecular weight is 249 g/mol. The van der Waals surface area contributed by atoms with Gasteiger partial charge in [0.05, 0.1) is 12.3 Å². The summed E-state index contributed by atoms with van der Waals surface area (Å²) in [5.74, 6) is -0.0506. The highest BCUT2D eigenvalue weighted by Gasteiger charge is 2.32. The van der Waals surface area contributed by atoms with Crippen LogP contribution in [-0.2, 0) is 14.3 Å². The van der Waals surface area contributed by atoms with Crippen molar-refractivity contribution in [3.63, 3.8) is 0 Å². The Bertz CT molecular complexity index is 472. The molecule has 0 N–H and O–H groups in total. The number of hydrogen-bond acceptors (Lipinski definition) is 4. The molecule has 0 unspecified atom stereocenters. The molecule has 5 heteroatoms. The molecular weight excluding hydrogens is 234 g/mol. The number of hydrogen-bond donors (Lipinski definition) is 0. The Kier molecular flexibility index (Phi) is 3.50. The highest BCUT2D eigenvalue weighted by Crippen LogP contribution is 2.33. The van der Waals surface area contributed by atoms with E-state index in [2.05, 4.69) is 0 Å². The number of amides is 1. The first-order valence-electron chi connectivity index (χ1n) is 5.86. The molecule has 1 aliphatic heterocycles. The highest BCUT2D eigenvalue weighted by molar-refractivity contribution is 6.02. The number of nitrogens with zero attached hydrogens (tertiary/aromatic N) is 1. The molecule has 0 aliphatic carbocycles. The summed E-state index contributed by atoms with van der Waals surface area (Å²) in [5.41, 5.74) is 0.605. The molecule has 1 heterocycles. The predicted octanol–water partition coefficient (Wildman–Crippen LogP) is 1.36. The van der Waals surface area contributed by atoms with E-state index < -0.39 is 12.1 Å². The average Bonchev–Trinajstić information content (AvgIpc) is 2.35. The molecule has 1 aromatic rings. The summed E-state index contributed by atoms with van der Waals surface area (Å²) in [5, 5.41) is 0. The molecule has 2 rings (SSSR count). The number of carbonyl (C=O) groups excluding carboxylic acids is 2. The van der Waals surface area contributed by atoms with Gasteiger partial charge in [0.1, 0.15) is 12.3 Å². The molecule has 0 spiro atoms. The van der Waals surface area contributed by atoms with Crippen LogP contribution in [0.1, 0.15) is 13.8 Å². The van der Waals surface area contributed by atoms with Crippen LogP contribution in [0.2, 0.25) is 0 Å². The largest absolute Gasteiger partial charge is 0.479 e. The van der Waals surface area contributed by atoms with Crippen molar-refractivity contribution in [1.29, 1.82) is 0 Å². The quantitative estimate of drug-likeness (QED) is 0.759. The molecule has 18 heavy (non-hydrogen) atoms. The first kappa shape index (κ1) is 12.4. The van der Waals surface area contributed by atoms with E-state index in [-0.39, 0.29) is 12.5 Å². The lowest BCUT2D eigenvalue weighted by molar-refractivity contribution is -0.143. The first-order valence-corrected chi connectivity index (χ1v) is 5.86. The molecule has 1 aromatic carbocycles. The van der Waals surface area contributed by atoms with Crippen LogP contribution < -0.4 is 9.64 Å². The van der Waals surface area contributed by atoms with Crippen LogP contribution in [0.5, 0.6) is 5.75 Å². The highest BCUT2D eigenvalue weighted by atomic mass is 16.5. The fourth-order valence-electron chi connectivity index (χ4n) is 1.86. The molecule has 0 fully saturated rings. The van der Waals surface area contributed by atoms with Crippen molar-refractivity contribution >= 4 is 17.6 Å². The third-order valence-corrected chi connectivity index (χ3v) is 2.67. The minimum Gasteiger partial charge on any atom is -0.479 e. The van der Waals surface area contributed by atoms with Crippen molar-refractivity contribution in [3.8, 4) is 5.75 Å². The summed E-state index contributed by atoms with van der Waals surface area (Å²) in [6.45, 7) is 3.61. The summed E-state index contributed by atoms with van der Waals surface area (Å²) in [4.78, 5) is 24.9. The van der Waals surface area contributed by atoms with Crippen LogP contribution in [0, 0.1) is 0 Å². The molecule has 1 aliphatic rings. The van der Waals surface area contributed by atoms with Gasteiger partial charge < -0.3 is 9.47 Å². The smallest absolute Gasteiger partial charge is 0.326 e. The van der Waals surface area contributed by atoms with Crippen molar-refractivity contribution in [2.75, 3.05) is 18.1 Å². The lowest BCUT2D eigenvalue weighted by Gasteiger charge is -2.32. The minimum atomic E-state index is -0.589. The standard InChI is InChI=1S/C13H15NO4/c1-3-17-12(15)8-14-10-6-4-5-7-11(10)18-9(2)13(14)16/h4-7,9H,3,8H2,1-2H3/t9-/m0/s1. The van der Waals surface area contributed by atoms with Gasteiger partial charge in [-0.3, -0.25) is 14.5 Å². The maximum Gasteiger partial charge on any atom is 0.326 e. The van der Waals surface area contributed by atoms with Crippen molar-refractivity contribution in [2.24, 2.45) is 0 Å². The van der Waals surface area contributed by atoms with E-state index in [1.54, 1.807) is 32.0 Å². The molecule has 1 atom stereocenters. The van der Waals surface area contributed by atoms with E-state index in [1.807, 2.05) is 6.07 Å². The van der Waals surface area contributed by atoms with Gasteiger partial charge in [-0.15, -0.1) is 0 Å². The van der Waals surface area contributed by atoms with E-state index in [0.29, 0.717) is 18.0 Å². The van der Waals surface area contributed by atoms with E-state index >= 15 is 0 Å². The number of carbonyl (C=O) groups is 2. The Hall–Kier alpha value is -2.04. The van der Waals surface area contributed by atoms with Gasteiger partial charge in [0.25, 0.3) is 5.91 Å². The monoisotopic (exact) mass is 249 g/mol. The minimum absolute atomic E-state index is 0.0859. The van der Waals surface area contributed by atoms with Crippen LogP contribution in [0.25, 0.3) is 0 Å². The van der Waals surface area contributed by atoms with Crippen molar-refractivity contribution in [1.82, 2.24) is 0 Å². The van der Waals surface area contributed by atoms with Crippen molar-refractivity contribution in [3.05, 3.63) is 24.3 Å². The van der Waals surface area contributed by atoms with Crippen LogP contribution in [0.3, 0.4) is 0 Å². The number of anilines is 1. The van der Waals surface area contributed by atoms with E-state index in [9.17, 15) is 9.59 Å². The third kappa shape index (κ3) is 2.30. The molecule has 0 bridgehead atoms. The SMILES string of the molecule is CCOC(=O)CN1C(=O)[C@H](C)Oc2ccccc21. The lowest BCUT2D eigenvalue weighted by atomic mass is 10.2. The summed E-state index contributed by atoms with van der Waals surface area (Å²) in [7, 11) is 0. The molecule has 96 valence electrons. The zero-order chi connectivity index (χ0) is 13.1. The van der Waals surface area contributed by atoms with Crippen LogP contribution in [0.4, 0.5) is 5.69 Å². The summed E-state index contributed by atoms with van der Waals surface area (Å²) in [6.07, 6.45) is -0.589. The van der Waals surface area contributed by atoms with Crippen molar-refractivity contribution in [2.45, 2.75) is 20.0 Å². The van der Waals surface area contributed by atoms with Crippen molar-refractivity contribution < 1.29 is 19.1 Å². The molecule has 0 radical (unpaired) electrons. The normalized spacial score (nSPS) is 18.0. The fraction of sp³-hybridized carbons (Fsp3) is 0.385. The van der Waals surface area contributed by atoms with Gasteiger partial charge in [-0.2, -0.15) is 0 Å². The number of rotatable bonds is 3. The molecule has 0 aromatic heterocycles. The van der Waals surface area contributed by atoms with Crippen LogP contribution >= 0.6 is 0 Å². The molecule has 1 amide bonds. The van der Waals surface area contributed by atoms with E-state index in [1.165, 1.54) is 4.90 Å². The number of fused-ring (bicyclic) bond motifs is 1. The third-order valence-electron chi connectivity index (χ3n) is 2.67. The van der Waals surface area contributed by atoms with Gasteiger partial charge in [0.2, 0.25) is 0 Å². The Labute approximate surface area is 105 Å². The second-order valence-corrected chi connectivity index (χ2v) is 3.96. The Balaban J connectivity index is 2.27. The maximum atomic E-state index is 12.0. The van der Waals surface area contributed by atoms with Crippen LogP contribution in [-0.4, -0.2) is 31.1 Å². The van der Waals surface area contributed by atoms with Gasteiger partial charge in [-0.1, -0.05) is 12.1 Å². The van der Waals surface area contributed by atoms with Crippen LogP contribution in [0.15, 0.2) is 24.3 Å². The van der Waals surface area contributed by atoms with Gasteiger partial charge in [-0.05, 0) is 26.0 Å². The van der Waals surface area contributed by atoms with Gasteiger partial charge in [-0.25, -0.2) is 0 Å². The number of para-hydroxylation sites is 2. The zero-order valence-electron chi connectivity index (χ0n) is 10.4. The second kappa shape index (κ2) is 5.08. The number of ether oxygens (including phenoxy) is 2. The van der Waals surface area contributed by atoms with E-state index in [4.69, 9.17) is 9.47 Å². The fourth-order valence-corrected chi connectivity index (χ4v) is 1.86. The molecule has 0 saturated carbocycles. The Morgan fingerprint density at radius 3 is 2.89 bits per heavy atom. The first-order chi connectivity index (χ1) is 8.63. The van der Waals surface area contributed by atoms with Gasteiger partial charge >= 0.3 is 5.97 Å². The molecule has 5 nitrogen and oxygen atoms in total. The summed E-state index contributed by atoms with van der Waals surface area (Å²) < 4.78 is 10.3. The summed E-state index contributed by atoms with van der Waals surface area (Å²) in [6, 6.07) is 7.14. The number of esters is 1. The van der Waals surface area contributed by atoms with Gasteiger partial charge in [0, 0.05) is 0 Å².